The van der Waals surface area contributed by atoms with Gasteiger partial charge in [-0.2, -0.15) is 0 Å². The van der Waals surface area contributed by atoms with Crippen LogP contribution in [0.25, 0.3) is 0 Å². The lowest BCUT2D eigenvalue weighted by molar-refractivity contribution is 0.332. The van der Waals surface area contributed by atoms with Crippen molar-refractivity contribution in [2.75, 3.05) is 31.6 Å². The van der Waals surface area contributed by atoms with Crippen molar-refractivity contribution in [3.05, 3.63) is 29.3 Å². The fourth-order valence-electron chi connectivity index (χ4n) is 3.20. The van der Waals surface area contributed by atoms with E-state index in [9.17, 15) is 0 Å². The molecular formula is C16H27N3. The van der Waals surface area contributed by atoms with Crippen LogP contribution in [0.3, 0.4) is 0 Å². The Morgan fingerprint density at radius 3 is 2.42 bits per heavy atom. The highest BCUT2D eigenvalue weighted by Gasteiger charge is 2.27. The molecule has 0 amide bonds. The molecule has 0 aromatic heterocycles. The van der Waals surface area contributed by atoms with Gasteiger partial charge in [0.2, 0.25) is 0 Å². The van der Waals surface area contributed by atoms with Crippen LogP contribution in [0.5, 0.6) is 0 Å². The summed E-state index contributed by atoms with van der Waals surface area (Å²) in [6.07, 6.45) is 1.19. The summed E-state index contributed by atoms with van der Waals surface area (Å²) in [4.78, 5) is 4.93. The molecule has 19 heavy (non-hydrogen) atoms. The zero-order chi connectivity index (χ0) is 14.0. The molecule has 1 aliphatic rings. The van der Waals surface area contributed by atoms with Crippen molar-refractivity contribution in [2.24, 2.45) is 5.73 Å². The topological polar surface area (TPSA) is 32.5 Å². The number of likely N-dealkylation sites (N-methyl/N-ethyl adjacent to an activating group) is 1. The van der Waals surface area contributed by atoms with Crippen LogP contribution in [0.15, 0.2) is 18.2 Å². The van der Waals surface area contributed by atoms with E-state index in [2.05, 4.69) is 55.8 Å². The molecule has 106 valence electrons. The van der Waals surface area contributed by atoms with Gasteiger partial charge in [-0.05, 0) is 64.0 Å². The number of aryl methyl sites for hydroxylation is 2. The van der Waals surface area contributed by atoms with Crippen LogP contribution in [0.2, 0.25) is 0 Å². The molecule has 1 fully saturated rings. The van der Waals surface area contributed by atoms with Crippen molar-refractivity contribution in [1.29, 1.82) is 0 Å². The minimum Gasteiger partial charge on any atom is -0.363 e. The molecule has 1 saturated heterocycles. The molecule has 0 aliphatic carbocycles. The van der Waals surface area contributed by atoms with Crippen LogP contribution in [0.1, 0.15) is 24.5 Å². The van der Waals surface area contributed by atoms with Gasteiger partial charge in [0.15, 0.2) is 0 Å². The maximum absolute atomic E-state index is 6.03. The lowest BCUT2D eigenvalue weighted by atomic mass is 10.1. The minimum absolute atomic E-state index is 0.406. The van der Waals surface area contributed by atoms with Gasteiger partial charge >= 0.3 is 0 Å². The first kappa shape index (κ1) is 14.4. The fourth-order valence-corrected chi connectivity index (χ4v) is 3.20. The highest BCUT2D eigenvalue weighted by Crippen LogP contribution is 2.26. The van der Waals surface area contributed by atoms with E-state index in [0.29, 0.717) is 18.6 Å². The van der Waals surface area contributed by atoms with Gasteiger partial charge in [-0.25, -0.2) is 0 Å². The van der Waals surface area contributed by atoms with Crippen LogP contribution in [-0.4, -0.2) is 43.7 Å². The van der Waals surface area contributed by atoms with Crippen molar-refractivity contribution >= 4 is 5.69 Å². The van der Waals surface area contributed by atoms with E-state index in [1.807, 2.05) is 0 Å². The second-order valence-electron chi connectivity index (χ2n) is 6.04. The average molecular weight is 261 g/mol. The lowest BCUT2D eigenvalue weighted by Gasteiger charge is -2.36. The molecule has 0 spiro atoms. The predicted molar refractivity (Wildman–Crippen MR) is 82.8 cm³/mol. The number of rotatable bonds is 2. The highest BCUT2D eigenvalue weighted by molar-refractivity contribution is 5.53. The quantitative estimate of drug-likeness (QED) is 0.885. The van der Waals surface area contributed by atoms with Crippen molar-refractivity contribution in [3.63, 3.8) is 0 Å². The maximum atomic E-state index is 6.03. The molecule has 2 atom stereocenters. The summed E-state index contributed by atoms with van der Waals surface area (Å²) in [6.45, 7) is 9.57. The van der Waals surface area contributed by atoms with Crippen LogP contribution >= 0.6 is 0 Å². The molecule has 0 bridgehead atoms. The molecule has 1 aromatic rings. The molecule has 0 saturated carbocycles. The van der Waals surface area contributed by atoms with E-state index in [4.69, 9.17) is 5.73 Å². The predicted octanol–water partition coefficient (Wildman–Crippen LogP) is 2.16. The Hall–Kier alpha value is -1.06. The Balaban J connectivity index is 2.36. The highest BCUT2D eigenvalue weighted by atomic mass is 15.3. The Bertz CT molecular complexity index is 410. The first-order chi connectivity index (χ1) is 9.01. The van der Waals surface area contributed by atoms with Crippen molar-refractivity contribution < 1.29 is 0 Å². The molecule has 3 nitrogen and oxygen atoms in total. The molecular weight excluding hydrogens is 234 g/mol. The minimum atomic E-state index is 0.406. The van der Waals surface area contributed by atoms with Gasteiger partial charge in [0.1, 0.15) is 0 Å². The second kappa shape index (κ2) is 5.93. The smallest absolute Gasteiger partial charge is 0.0542 e. The summed E-state index contributed by atoms with van der Waals surface area (Å²) in [5.41, 5.74) is 10.0. The molecule has 1 aromatic carbocycles. The molecule has 1 aliphatic heterocycles. The number of benzene rings is 1. The van der Waals surface area contributed by atoms with E-state index < -0.39 is 0 Å². The fraction of sp³-hybridized carbons (Fsp3) is 0.625. The summed E-state index contributed by atoms with van der Waals surface area (Å²) < 4.78 is 0. The van der Waals surface area contributed by atoms with Crippen LogP contribution in [0, 0.1) is 13.8 Å². The van der Waals surface area contributed by atoms with Crippen LogP contribution in [0.4, 0.5) is 5.69 Å². The Labute approximate surface area is 117 Å². The Morgan fingerprint density at radius 2 is 1.84 bits per heavy atom. The number of hydrogen-bond donors (Lipinski definition) is 1. The summed E-state index contributed by atoms with van der Waals surface area (Å²) in [5.74, 6) is 0. The third-order valence-corrected chi connectivity index (χ3v) is 4.10. The molecule has 2 rings (SSSR count). The largest absolute Gasteiger partial charge is 0.363 e. The maximum Gasteiger partial charge on any atom is 0.0542 e. The van der Waals surface area contributed by atoms with Gasteiger partial charge in [0, 0.05) is 24.8 Å². The first-order valence-corrected chi connectivity index (χ1v) is 7.26. The normalized spacial score (nSPS) is 25.4. The summed E-state index contributed by atoms with van der Waals surface area (Å²) in [5, 5.41) is 0. The van der Waals surface area contributed by atoms with E-state index in [1.54, 1.807) is 0 Å². The third-order valence-electron chi connectivity index (χ3n) is 4.10. The van der Waals surface area contributed by atoms with E-state index in [-0.39, 0.29) is 0 Å². The van der Waals surface area contributed by atoms with Gasteiger partial charge in [-0.1, -0.05) is 6.07 Å². The zero-order valence-electron chi connectivity index (χ0n) is 12.7. The molecule has 0 radical (unpaired) electrons. The molecule has 3 heteroatoms. The third kappa shape index (κ3) is 3.28. The number of nitrogens with zero attached hydrogens (tertiary/aromatic N) is 2. The van der Waals surface area contributed by atoms with E-state index in [1.165, 1.54) is 23.2 Å². The second-order valence-corrected chi connectivity index (χ2v) is 6.04. The number of nitrogens with two attached hydrogens (primary N) is 1. The van der Waals surface area contributed by atoms with Gasteiger partial charge in [0.05, 0.1) is 6.04 Å². The van der Waals surface area contributed by atoms with E-state index in [0.717, 1.165) is 13.1 Å². The summed E-state index contributed by atoms with van der Waals surface area (Å²) >= 11 is 0. The van der Waals surface area contributed by atoms with Crippen molar-refractivity contribution in [2.45, 2.75) is 39.3 Å². The van der Waals surface area contributed by atoms with Gasteiger partial charge in [-0.3, -0.25) is 0 Å². The molecule has 1 heterocycles. The van der Waals surface area contributed by atoms with Crippen LogP contribution < -0.4 is 10.6 Å². The van der Waals surface area contributed by atoms with Crippen molar-refractivity contribution in [1.82, 2.24) is 4.90 Å². The van der Waals surface area contributed by atoms with Crippen molar-refractivity contribution in [3.8, 4) is 0 Å². The number of anilines is 1. The standard InChI is InChI=1S/C16H27N3/c1-12-7-13(2)9-15(8-12)19-14(3)5-6-18(4)11-16(19)10-17/h7-9,14,16H,5-6,10-11,17H2,1-4H3. The number of hydrogen-bond acceptors (Lipinski definition) is 3. The summed E-state index contributed by atoms with van der Waals surface area (Å²) in [6, 6.07) is 7.76. The average Bonchev–Trinajstić information content (AvgIpc) is 2.47. The zero-order valence-corrected chi connectivity index (χ0v) is 12.7. The Kier molecular flexibility index (Phi) is 4.48. The van der Waals surface area contributed by atoms with Gasteiger partial charge in [0.25, 0.3) is 0 Å². The summed E-state index contributed by atoms with van der Waals surface area (Å²) in [7, 11) is 2.19. The SMILES string of the molecule is Cc1cc(C)cc(N2C(C)CCN(C)CC2CN)c1. The monoisotopic (exact) mass is 261 g/mol. The first-order valence-electron chi connectivity index (χ1n) is 7.26. The lowest BCUT2D eigenvalue weighted by Crippen LogP contribution is -2.48. The Morgan fingerprint density at radius 1 is 1.21 bits per heavy atom. The molecule has 2 unspecified atom stereocenters. The van der Waals surface area contributed by atoms with Crippen LogP contribution in [-0.2, 0) is 0 Å². The van der Waals surface area contributed by atoms with Gasteiger partial charge in [-0.15, -0.1) is 0 Å². The van der Waals surface area contributed by atoms with Gasteiger partial charge < -0.3 is 15.5 Å². The van der Waals surface area contributed by atoms with E-state index >= 15 is 0 Å². The molecule has 2 N–H and O–H groups in total.